The number of ether oxygens (including phenoxy) is 1. The molecule has 3 fully saturated rings. The highest BCUT2D eigenvalue weighted by atomic mass is 16.5. The summed E-state index contributed by atoms with van der Waals surface area (Å²) in [4.78, 5) is 28.1. The molecule has 0 aromatic heterocycles. The van der Waals surface area contributed by atoms with E-state index in [-0.39, 0.29) is 17.9 Å². The zero-order chi connectivity index (χ0) is 18.5. The number of hydrogen-bond donors (Lipinski definition) is 0. The summed E-state index contributed by atoms with van der Waals surface area (Å²) in [6, 6.07) is 16.4. The first-order chi connectivity index (χ1) is 13.2. The SMILES string of the molecule is COc1ccccc1[C@H]1[C@H]2C(=O)N(c3ccccc3)C(=O)[C@@H]2N2CCCN12. The highest BCUT2D eigenvalue weighted by molar-refractivity contribution is 6.24. The predicted molar refractivity (Wildman–Crippen MR) is 100.0 cm³/mol. The van der Waals surface area contributed by atoms with Crippen LogP contribution in [0.1, 0.15) is 18.0 Å². The molecule has 3 saturated heterocycles. The summed E-state index contributed by atoms with van der Waals surface area (Å²) in [5.74, 6) is 0.0877. The predicted octanol–water partition coefficient (Wildman–Crippen LogP) is 2.23. The van der Waals surface area contributed by atoms with Crippen LogP contribution in [0.4, 0.5) is 5.69 Å². The quantitative estimate of drug-likeness (QED) is 0.783. The van der Waals surface area contributed by atoms with Crippen LogP contribution >= 0.6 is 0 Å². The fourth-order valence-corrected chi connectivity index (χ4v) is 4.83. The van der Waals surface area contributed by atoms with E-state index in [1.165, 1.54) is 4.90 Å². The molecule has 0 saturated carbocycles. The van der Waals surface area contributed by atoms with Gasteiger partial charge >= 0.3 is 0 Å². The van der Waals surface area contributed by atoms with Crippen LogP contribution in [0.5, 0.6) is 5.75 Å². The van der Waals surface area contributed by atoms with Crippen LogP contribution in [-0.4, -0.2) is 48.1 Å². The number of para-hydroxylation sites is 2. The molecule has 2 aromatic carbocycles. The van der Waals surface area contributed by atoms with Crippen LogP contribution in [-0.2, 0) is 9.59 Å². The summed E-state index contributed by atoms with van der Waals surface area (Å²) in [7, 11) is 1.64. The second kappa shape index (κ2) is 6.18. The Labute approximate surface area is 157 Å². The molecule has 2 aromatic rings. The van der Waals surface area contributed by atoms with Gasteiger partial charge in [0.15, 0.2) is 0 Å². The number of hydrogen-bond acceptors (Lipinski definition) is 5. The summed E-state index contributed by atoms with van der Waals surface area (Å²) >= 11 is 0. The van der Waals surface area contributed by atoms with Gasteiger partial charge in [0, 0.05) is 18.7 Å². The second-order valence-electron chi connectivity index (χ2n) is 7.18. The Balaban J connectivity index is 1.62. The van der Waals surface area contributed by atoms with E-state index >= 15 is 0 Å². The van der Waals surface area contributed by atoms with Crippen molar-refractivity contribution in [3.05, 3.63) is 60.2 Å². The normalized spacial score (nSPS) is 27.9. The van der Waals surface area contributed by atoms with Crippen molar-refractivity contribution in [2.45, 2.75) is 18.5 Å². The Kier molecular flexibility index (Phi) is 3.77. The van der Waals surface area contributed by atoms with Crippen molar-refractivity contribution in [2.75, 3.05) is 25.1 Å². The highest BCUT2D eigenvalue weighted by Crippen LogP contribution is 2.50. The summed E-state index contributed by atoms with van der Waals surface area (Å²) in [6.45, 7) is 1.65. The molecule has 27 heavy (non-hydrogen) atoms. The lowest BCUT2D eigenvalue weighted by Crippen LogP contribution is -2.44. The molecule has 6 heteroatoms. The number of amides is 2. The van der Waals surface area contributed by atoms with Gasteiger partial charge in [-0.1, -0.05) is 36.4 Å². The maximum absolute atomic E-state index is 13.4. The minimum Gasteiger partial charge on any atom is -0.496 e. The summed E-state index contributed by atoms with van der Waals surface area (Å²) in [6.07, 6.45) is 0.988. The fourth-order valence-electron chi connectivity index (χ4n) is 4.83. The first-order valence-corrected chi connectivity index (χ1v) is 9.31. The molecular weight excluding hydrogens is 342 g/mol. The van der Waals surface area contributed by atoms with Crippen molar-refractivity contribution in [3.63, 3.8) is 0 Å². The number of benzene rings is 2. The van der Waals surface area contributed by atoms with Crippen molar-refractivity contribution in [2.24, 2.45) is 5.92 Å². The van der Waals surface area contributed by atoms with Gasteiger partial charge in [0.1, 0.15) is 11.8 Å². The molecule has 6 nitrogen and oxygen atoms in total. The van der Waals surface area contributed by atoms with E-state index in [2.05, 4.69) is 10.0 Å². The van der Waals surface area contributed by atoms with Crippen LogP contribution in [0.25, 0.3) is 0 Å². The molecule has 3 aliphatic heterocycles. The molecule has 5 rings (SSSR count). The standard InChI is InChI=1S/C21H21N3O3/c1-27-16-11-6-5-10-15(16)18-17-19(23-13-7-12-22(18)23)21(26)24(20(17)25)14-8-3-2-4-9-14/h2-6,8-11,17-19H,7,12-13H2,1H3/t17-,18+,19-/m1/s1. The van der Waals surface area contributed by atoms with Crippen molar-refractivity contribution in [1.29, 1.82) is 0 Å². The van der Waals surface area contributed by atoms with Crippen molar-refractivity contribution < 1.29 is 14.3 Å². The van der Waals surface area contributed by atoms with Gasteiger partial charge in [-0.3, -0.25) is 9.59 Å². The van der Waals surface area contributed by atoms with Crippen LogP contribution < -0.4 is 9.64 Å². The topological polar surface area (TPSA) is 53.1 Å². The third-order valence-electron chi connectivity index (χ3n) is 5.88. The molecule has 0 unspecified atom stereocenters. The average molecular weight is 363 g/mol. The first kappa shape index (κ1) is 16.5. The van der Waals surface area contributed by atoms with E-state index in [1.54, 1.807) is 7.11 Å². The van der Waals surface area contributed by atoms with E-state index in [4.69, 9.17) is 4.74 Å². The molecule has 0 aliphatic carbocycles. The number of nitrogens with zero attached hydrogens (tertiary/aromatic N) is 3. The zero-order valence-electron chi connectivity index (χ0n) is 15.1. The van der Waals surface area contributed by atoms with E-state index in [9.17, 15) is 9.59 Å². The Morgan fingerprint density at radius 2 is 1.52 bits per heavy atom. The fraction of sp³-hybridized carbons (Fsp3) is 0.333. The monoisotopic (exact) mass is 363 g/mol. The lowest BCUT2D eigenvalue weighted by Gasteiger charge is -2.30. The number of hydrazine groups is 1. The van der Waals surface area contributed by atoms with Gasteiger partial charge in [0.2, 0.25) is 5.91 Å². The number of anilines is 1. The van der Waals surface area contributed by atoms with Crippen LogP contribution in [0.3, 0.4) is 0 Å². The summed E-state index contributed by atoms with van der Waals surface area (Å²) < 4.78 is 5.57. The van der Waals surface area contributed by atoms with E-state index in [1.807, 2.05) is 54.6 Å². The number of carbonyl (C=O) groups is 2. The Bertz CT molecular complexity index is 901. The van der Waals surface area contributed by atoms with Crippen molar-refractivity contribution in [3.8, 4) is 5.75 Å². The lowest BCUT2D eigenvalue weighted by molar-refractivity contribution is -0.126. The number of imide groups is 1. The highest BCUT2D eigenvalue weighted by Gasteiger charge is 2.63. The van der Waals surface area contributed by atoms with Gasteiger partial charge in [0.05, 0.1) is 24.8 Å². The number of methoxy groups -OCH3 is 1. The molecule has 0 radical (unpaired) electrons. The number of carbonyl (C=O) groups excluding carboxylic acids is 2. The van der Waals surface area contributed by atoms with Crippen LogP contribution in [0.2, 0.25) is 0 Å². The molecule has 0 N–H and O–H groups in total. The maximum atomic E-state index is 13.4. The van der Waals surface area contributed by atoms with Gasteiger partial charge in [-0.05, 0) is 24.6 Å². The molecule has 138 valence electrons. The molecule has 0 bridgehead atoms. The minimum atomic E-state index is -0.435. The first-order valence-electron chi connectivity index (χ1n) is 9.31. The molecular formula is C21H21N3O3. The van der Waals surface area contributed by atoms with Gasteiger partial charge in [-0.15, -0.1) is 0 Å². The summed E-state index contributed by atoms with van der Waals surface area (Å²) in [5.41, 5.74) is 1.61. The Hall–Kier alpha value is -2.70. The second-order valence-corrected chi connectivity index (χ2v) is 7.18. The minimum absolute atomic E-state index is 0.124. The maximum Gasteiger partial charge on any atom is 0.253 e. The van der Waals surface area contributed by atoms with Gasteiger partial charge in [-0.2, -0.15) is 0 Å². The van der Waals surface area contributed by atoms with Gasteiger partial charge in [0.25, 0.3) is 5.91 Å². The van der Waals surface area contributed by atoms with Crippen molar-refractivity contribution in [1.82, 2.24) is 10.0 Å². The van der Waals surface area contributed by atoms with E-state index in [0.29, 0.717) is 5.69 Å². The van der Waals surface area contributed by atoms with Gasteiger partial charge < -0.3 is 4.74 Å². The number of fused-ring (bicyclic) bond motifs is 3. The molecule has 3 atom stereocenters. The van der Waals surface area contributed by atoms with Crippen LogP contribution in [0, 0.1) is 5.92 Å². The zero-order valence-corrected chi connectivity index (χ0v) is 15.1. The molecule has 3 heterocycles. The summed E-state index contributed by atoms with van der Waals surface area (Å²) in [5, 5.41) is 4.30. The van der Waals surface area contributed by atoms with E-state index in [0.717, 1.165) is 30.8 Å². The third-order valence-corrected chi connectivity index (χ3v) is 5.88. The Morgan fingerprint density at radius 1 is 0.852 bits per heavy atom. The largest absolute Gasteiger partial charge is 0.496 e. The third kappa shape index (κ3) is 2.27. The number of rotatable bonds is 3. The smallest absolute Gasteiger partial charge is 0.253 e. The van der Waals surface area contributed by atoms with Gasteiger partial charge in [-0.25, -0.2) is 14.9 Å². The van der Waals surface area contributed by atoms with E-state index < -0.39 is 12.0 Å². The lowest BCUT2D eigenvalue weighted by atomic mass is 9.89. The molecule has 2 amide bonds. The van der Waals surface area contributed by atoms with Crippen LogP contribution in [0.15, 0.2) is 54.6 Å². The molecule has 3 aliphatic rings. The Morgan fingerprint density at radius 3 is 2.26 bits per heavy atom. The van der Waals surface area contributed by atoms with Crippen molar-refractivity contribution >= 4 is 17.5 Å². The average Bonchev–Trinajstić information content (AvgIpc) is 3.34. The molecule has 0 spiro atoms.